The smallest absolute Gasteiger partial charge is 0.204 e. The summed E-state index contributed by atoms with van der Waals surface area (Å²) in [6.45, 7) is 0. The molecule has 26 heavy (non-hydrogen) atoms. The summed E-state index contributed by atoms with van der Waals surface area (Å²) < 4.78 is 12.5. The summed E-state index contributed by atoms with van der Waals surface area (Å²) in [6, 6.07) is 17.1. The highest BCUT2D eigenvalue weighted by Crippen LogP contribution is 2.31. The lowest BCUT2D eigenvalue weighted by Gasteiger charge is -2.09. The van der Waals surface area contributed by atoms with Crippen LogP contribution in [0.3, 0.4) is 0 Å². The predicted octanol–water partition coefficient (Wildman–Crippen LogP) is 5.81. The molecule has 0 amide bonds. The standard InChI is InChI=1S/C20H10Br2O4/c21-13-7-3-1-5-11(13)18(23)17-19(24)12-6-2-4-8-14(12)26-20(17)15-9-10-16(22)25-15/h1-10H. The summed E-state index contributed by atoms with van der Waals surface area (Å²) >= 11 is 6.61. The number of fused-ring (bicyclic) bond motifs is 1. The number of hydrogen-bond donors (Lipinski definition) is 0. The molecule has 6 heteroatoms. The van der Waals surface area contributed by atoms with Gasteiger partial charge in [-0.05, 0) is 52.3 Å². The minimum absolute atomic E-state index is 0.0579. The number of halogens is 2. The first-order valence-electron chi connectivity index (χ1n) is 7.67. The van der Waals surface area contributed by atoms with E-state index in [1.807, 2.05) is 0 Å². The largest absolute Gasteiger partial charge is 0.452 e. The maximum absolute atomic E-state index is 13.2. The quantitative estimate of drug-likeness (QED) is 0.352. The van der Waals surface area contributed by atoms with Gasteiger partial charge in [0.2, 0.25) is 11.2 Å². The number of furan rings is 1. The lowest BCUT2D eigenvalue weighted by atomic mass is 9.99. The fourth-order valence-corrected chi connectivity index (χ4v) is 3.51. The van der Waals surface area contributed by atoms with E-state index < -0.39 is 11.2 Å². The average Bonchev–Trinajstić information content (AvgIpc) is 3.08. The van der Waals surface area contributed by atoms with Crippen molar-refractivity contribution in [2.24, 2.45) is 0 Å². The normalized spacial score (nSPS) is 11.0. The van der Waals surface area contributed by atoms with Gasteiger partial charge in [0.25, 0.3) is 0 Å². The third kappa shape index (κ3) is 2.85. The molecule has 2 aromatic heterocycles. The van der Waals surface area contributed by atoms with Gasteiger partial charge >= 0.3 is 0 Å². The molecule has 0 fully saturated rings. The third-order valence-electron chi connectivity index (χ3n) is 3.94. The SMILES string of the molecule is O=C(c1ccccc1Br)c1c(-c2ccc(Br)o2)oc2ccccc2c1=O. The van der Waals surface area contributed by atoms with Crippen molar-refractivity contribution in [2.75, 3.05) is 0 Å². The van der Waals surface area contributed by atoms with Gasteiger partial charge in [-0.15, -0.1) is 0 Å². The van der Waals surface area contributed by atoms with Crippen LogP contribution in [0.2, 0.25) is 0 Å². The van der Waals surface area contributed by atoms with Gasteiger partial charge in [0, 0.05) is 10.0 Å². The van der Waals surface area contributed by atoms with Crippen molar-refractivity contribution < 1.29 is 13.6 Å². The predicted molar refractivity (Wildman–Crippen MR) is 105 cm³/mol. The Labute approximate surface area is 164 Å². The number of carbonyl (C=O) groups is 1. The number of hydrogen-bond acceptors (Lipinski definition) is 4. The van der Waals surface area contributed by atoms with E-state index in [0.29, 0.717) is 31.4 Å². The highest BCUT2D eigenvalue weighted by atomic mass is 79.9. The molecule has 0 bridgehead atoms. The summed E-state index contributed by atoms with van der Waals surface area (Å²) in [5.74, 6) is -0.0187. The molecule has 0 saturated heterocycles. The lowest BCUT2D eigenvalue weighted by molar-refractivity contribution is 0.103. The zero-order valence-electron chi connectivity index (χ0n) is 13.2. The highest BCUT2D eigenvalue weighted by molar-refractivity contribution is 9.10. The Hall–Kier alpha value is -2.44. The number of carbonyl (C=O) groups excluding carboxylic acids is 1. The van der Waals surface area contributed by atoms with E-state index in [4.69, 9.17) is 8.83 Å². The van der Waals surface area contributed by atoms with E-state index in [0.717, 1.165) is 0 Å². The fourth-order valence-electron chi connectivity index (χ4n) is 2.74. The van der Waals surface area contributed by atoms with Gasteiger partial charge < -0.3 is 8.83 Å². The highest BCUT2D eigenvalue weighted by Gasteiger charge is 2.26. The van der Waals surface area contributed by atoms with E-state index in [2.05, 4.69) is 31.9 Å². The Kier molecular flexibility index (Phi) is 4.38. The van der Waals surface area contributed by atoms with E-state index in [-0.39, 0.29) is 11.3 Å². The molecule has 2 aromatic carbocycles. The van der Waals surface area contributed by atoms with Gasteiger partial charge in [-0.1, -0.05) is 40.2 Å². The zero-order valence-corrected chi connectivity index (χ0v) is 16.3. The maximum Gasteiger partial charge on any atom is 0.204 e. The minimum atomic E-state index is -0.431. The Morgan fingerprint density at radius 3 is 2.31 bits per heavy atom. The van der Waals surface area contributed by atoms with Crippen LogP contribution >= 0.6 is 31.9 Å². The molecular formula is C20H10Br2O4. The van der Waals surface area contributed by atoms with Gasteiger partial charge in [0.15, 0.2) is 16.2 Å². The van der Waals surface area contributed by atoms with Crippen LogP contribution in [-0.4, -0.2) is 5.78 Å². The van der Waals surface area contributed by atoms with Gasteiger partial charge in [-0.2, -0.15) is 0 Å². The van der Waals surface area contributed by atoms with Gasteiger partial charge in [-0.3, -0.25) is 9.59 Å². The summed E-state index contributed by atoms with van der Waals surface area (Å²) in [7, 11) is 0. The fraction of sp³-hybridized carbons (Fsp3) is 0. The van der Waals surface area contributed by atoms with Gasteiger partial charge in [0.1, 0.15) is 11.1 Å². The van der Waals surface area contributed by atoms with E-state index in [1.165, 1.54) is 0 Å². The molecule has 0 spiro atoms. The van der Waals surface area contributed by atoms with Crippen LogP contribution in [0.4, 0.5) is 0 Å². The number of rotatable bonds is 3. The molecule has 4 aromatic rings. The van der Waals surface area contributed by atoms with Crippen LogP contribution in [0, 0.1) is 0 Å². The minimum Gasteiger partial charge on any atom is -0.452 e. The first kappa shape index (κ1) is 17.0. The number of ketones is 1. The average molecular weight is 474 g/mol. The molecule has 4 rings (SSSR count). The summed E-state index contributed by atoms with van der Waals surface area (Å²) in [5.41, 5.74) is 0.318. The van der Waals surface area contributed by atoms with E-state index in [1.54, 1.807) is 60.7 Å². The molecule has 2 heterocycles. The second-order valence-corrected chi connectivity index (χ2v) is 7.18. The summed E-state index contributed by atoms with van der Waals surface area (Å²) in [4.78, 5) is 26.3. The Morgan fingerprint density at radius 2 is 1.58 bits per heavy atom. The monoisotopic (exact) mass is 472 g/mol. The second-order valence-electron chi connectivity index (χ2n) is 5.54. The van der Waals surface area contributed by atoms with Crippen molar-refractivity contribution in [2.45, 2.75) is 0 Å². The van der Waals surface area contributed by atoms with Gasteiger partial charge in [-0.25, -0.2) is 0 Å². The van der Waals surface area contributed by atoms with Crippen LogP contribution in [0.15, 0.2) is 83.4 Å². The summed E-state index contributed by atoms with van der Waals surface area (Å²) in [5, 5.41) is 0.345. The first-order chi connectivity index (χ1) is 12.6. The molecule has 0 atom stereocenters. The molecule has 0 aliphatic rings. The van der Waals surface area contributed by atoms with Crippen LogP contribution in [0.1, 0.15) is 15.9 Å². The van der Waals surface area contributed by atoms with Gasteiger partial charge in [0.05, 0.1) is 5.39 Å². The van der Waals surface area contributed by atoms with Crippen molar-refractivity contribution in [1.82, 2.24) is 0 Å². The molecule has 128 valence electrons. The van der Waals surface area contributed by atoms with Crippen LogP contribution in [-0.2, 0) is 0 Å². The Balaban J connectivity index is 2.06. The molecular weight excluding hydrogens is 464 g/mol. The van der Waals surface area contributed by atoms with E-state index >= 15 is 0 Å². The molecule has 0 radical (unpaired) electrons. The zero-order chi connectivity index (χ0) is 18.3. The van der Waals surface area contributed by atoms with Crippen molar-refractivity contribution in [3.05, 3.63) is 91.2 Å². The topological polar surface area (TPSA) is 60.4 Å². The Morgan fingerprint density at radius 1 is 0.846 bits per heavy atom. The van der Waals surface area contributed by atoms with Crippen molar-refractivity contribution >= 4 is 48.6 Å². The van der Waals surface area contributed by atoms with Crippen LogP contribution in [0.25, 0.3) is 22.5 Å². The van der Waals surface area contributed by atoms with Crippen LogP contribution in [0.5, 0.6) is 0 Å². The molecule has 4 nitrogen and oxygen atoms in total. The lowest BCUT2D eigenvalue weighted by Crippen LogP contribution is -2.18. The molecule has 0 aliphatic carbocycles. The third-order valence-corrected chi connectivity index (χ3v) is 5.06. The second kappa shape index (κ2) is 6.70. The number of para-hydroxylation sites is 1. The van der Waals surface area contributed by atoms with Crippen molar-refractivity contribution in [3.63, 3.8) is 0 Å². The number of benzene rings is 2. The summed E-state index contributed by atoms with van der Waals surface area (Å²) in [6.07, 6.45) is 0. The molecule has 0 aliphatic heterocycles. The van der Waals surface area contributed by atoms with Crippen LogP contribution < -0.4 is 5.43 Å². The van der Waals surface area contributed by atoms with Crippen molar-refractivity contribution in [1.29, 1.82) is 0 Å². The van der Waals surface area contributed by atoms with Crippen molar-refractivity contribution in [3.8, 4) is 11.5 Å². The first-order valence-corrected chi connectivity index (χ1v) is 9.25. The molecule has 0 N–H and O–H groups in total. The maximum atomic E-state index is 13.2. The molecule has 0 saturated carbocycles. The van der Waals surface area contributed by atoms with E-state index in [9.17, 15) is 9.59 Å². The Bertz CT molecular complexity index is 1200. The molecule has 0 unspecified atom stereocenters.